The average Bonchev–Trinajstić information content (AvgIpc) is 2.37. The second-order valence-corrected chi connectivity index (χ2v) is 3.62. The summed E-state index contributed by atoms with van der Waals surface area (Å²) in [7, 11) is 0. The minimum atomic E-state index is -2.74. The number of carboxylic acids is 5. The zero-order valence-electron chi connectivity index (χ0n) is 11.7. The fourth-order valence-electron chi connectivity index (χ4n) is 0.714. The molecule has 0 aromatic heterocycles. The number of hydrogen-bond acceptors (Lipinski definition) is 7. The molecule has 0 saturated heterocycles. The molecule has 0 aliphatic heterocycles. The van der Waals surface area contributed by atoms with Crippen LogP contribution in [0.15, 0.2) is 12.7 Å². The summed E-state index contributed by atoms with van der Waals surface area (Å²) in [5.74, 6) is -6.97. The third-order valence-corrected chi connectivity index (χ3v) is 1.63. The van der Waals surface area contributed by atoms with E-state index in [2.05, 4.69) is 12.3 Å². The van der Waals surface area contributed by atoms with Crippen LogP contribution < -0.4 is 5.73 Å². The van der Waals surface area contributed by atoms with Gasteiger partial charge in [0.25, 0.3) is 0 Å². The molecule has 0 aromatic carbocycles. The molecule has 0 spiro atoms. The Hall–Kier alpha value is -2.99. The van der Waals surface area contributed by atoms with Crippen LogP contribution in [-0.4, -0.2) is 72.6 Å². The molecular weight excluding hydrogens is 322 g/mol. The molecule has 0 amide bonds. The Bertz CT molecular complexity index is 441. The summed E-state index contributed by atoms with van der Waals surface area (Å²) < 4.78 is 0. The van der Waals surface area contributed by atoms with Crippen molar-refractivity contribution in [2.24, 2.45) is 5.73 Å². The Balaban J connectivity index is -0.000000329. The van der Waals surface area contributed by atoms with Crippen molar-refractivity contribution < 1.29 is 54.6 Å². The van der Waals surface area contributed by atoms with Crippen molar-refractivity contribution in [3.05, 3.63) is 12.7 Å². The van der Waals surface area contributed by atoms with Gasteiger partial charge in [0.1, 0.15) is 0 Å². The van der Waals surface area contributed by atoms with E-state index >= 15 is 0 Å². The lowest BCUT2D eigenvalue weighted by Gasteiger charge is -2.18. The lowest BCUT2D eigenvalue weighted by molar-refractivity contribution is -0.170. The maximum atomic E-state index is 10.3. The van der Waals surface area contributed by atoms with Gasteiger partial charge in [-0.05, 0) is 0 Å². The van der Waals surface area contributed by atoms with Crippen molar-refractivity contribution in [3.8, 4) is 0 Å². The molecule has 12 nitrogen and oxygen atoms in total. The van der Waals surface area contributed by atoms with Gasteiger partial charge in [0, 0.05) is 6.08 Å². The number of hydrogen-bond donors (Lipinski definition) is 7. The van der Waals surface area contributed by atoms with Gasteiger partial charge in [-0.3, -0.25) is 14.4 Å². The quantitative estimate of drug-likeness (QED) is 0.250. The molecule has 0 saturated carbocycles. The first kappa shape index (κ1) is 25.0. The SMILES string of the molecule is C=CC(=O)O.NCC(=O)O.O=C(O)CC(O)(CC(=O)O)C(=O)O. The van der Waals surface area contributed by atoms with E-state index in [1.165, 1.54) is 0 Å². The first-order valence-electron chi connectivity index (χ1n) is 5.49. The molecule has 132 valence electrons. The van der Waals surface area contributed by atoms with Crippen molar-refractivity contribution in [2.75, 3.05) is 6.54 Å². The molecule has 0 bridgehead atoms. The smallest absolute Gasteiger partial charge is 0.336 e. The lowest BCUT2D eigenvalue weighted by atomic mass is 9.96. The van der Waals surface area contributed by atoms with Crippen LogP contribution in [0.2, 0.25) is 0 Å². The molecule has 0 aliphatic rings. The monoisotopic (exact) mass is 339 g/mol. The molecule has 0 aromatic rings. The van der Waals surface area contributed by atoms with Crippen LogP contribution in [0.5, 0.6) is 0 Å². The van der Waals surface area contributed by atoms with Gasteiger partial charge < -0.3 is 36.4 Å². The summed E-state index contributed by atoms with van der Waals surface area (Å²) in [6.07, 6.45) is -1.46. The highest BCUT2D eigenvalue weighted by Crippen LogP contribution is 2.15. The number of nitrogens with two attached hydrogens (primary N) is 1. The van der Waals surface area contributed by atoms with E-state index in [4.69, 9.17) is 30.6 Å². The van der Waals surface area contributed by atoms with E-state index in [1.807, 2.05) is 0 Å². The number of carboxylic acid groups (broad SMARTS) is 5. The van der Waals surface area contributed by atoms with Crippen molar-refractivity contribution in [2.45, 2.75) is 18.4 Å². The van der Waals surface area contributed by atoms with Crippen LogP contribution in [0.1, 0.15) is 12.8 Å². The normalized spacial score (nSPS) is 9.13. The van der Waals surface area contributed by atoms with Gasteiger partial charge in [0.05, 0.1) is 19.4 Å². The number of aliphatic hydroxyl groups is 1. The third kappa shape index (κ3) is 19.0. The molecule has 0 rings (SSSR count). The van der Waals surface area contributed by atoms with Gasteiger partial charge in [-0.1, -0.05) is 6.58 Å². The Morgan fingerprint density at radius 1 is 0.870 bits per heavy atom. The highest BCUT2D eigenvalue weighted by molar-refractivity contribution is 5.88. The molecule has 12 heteroatoms. The molecule has 0 unspecified atom stereocenters. The molecule has 0 fully saturated rings. The van der Waals surface area contributed by atoms with E-state index < -0.39 is 48.3 Å². The fraction of sp³-hybridized carbons (Fsp3) is 0.364. The highest BCUT2D eigenvalue weighted by Gasteiger charge is 2.40. The van der Waals surface area contributed by atoms with E-state index in [0.717, 1.165) is 6.08 Å². The van der Waals surface area contributed by atoms with E-state index in [-0.39, 0.29) is 6.54 Å². The molecular formula is C11H17NO11. The molecule has 8 N–H and O–H groups in total. The summed E-state index contributed by atoms with van der Waals surface area (Å²) in [6.45, 7) is 2.68. The second kappa shape index (κ2) is 12.7. The van der Waals surface area contributed by atoms with Gasteiger partial charge in [0.15, 0.2) is 5.60 Å². The van der Waals surface area contributed by atoms with Crippen LogP contribution >= 0.6 is 0 Å². The minimum Gasteiger partial charge on any atom is -0.481 e. The maximum absolute atomic E-state index is 10.3. The zero-order chi connectivity index (χ0) is 19.2. The summed E-state index contributed by atoms with van der Waals surface area (Å²) in [6, 6.07) is 0. The Morgan fingerprint density at radius 3 is 1.22 bits per heavy atom. The molecule has 0 atom stereocenters. The topological polar surface area (TPSA) is 233 Å². The zero-order valence-corrected chi connectivity index (χ0v) is 11.7. The second-order valence-electron chi connectivity index (χ2n) is 3.62. The summed E-state index contributed by atoms with van der Waals surface area (Å²) in [5.41, 5.74) is 1.83. The average molecular weight is 339 g/mol. The molecule has 0 radical (unpaired) electrons. The standard InChI is InChI=1S/C6H8O7.C3H4O2.C2H5NO2/c7-3(8)1-6(13,5(11)12)2-4(9)10;1-2-3(4)5;3-1-2(4)5/h13H,1-2H2,(H,7,8)(H,9,10)(H,11,12);2H,1H2,(H,4,5);1,3H2,(H,4,5). The van der Waals surface area contributed by atoms with Crippen molar-refractivity contribution in [3.63, 3.8) is 0 Å². The van der Waals surface area contributed by atoms with Crippen molar-refractivity contribution in [1.82, 2.24) is 0 Å². The summed E-state index contributed by atoms with van der Waals surface area (Å²) >= 11 is 0. The first-order valence-corrected chi connectivity index (χ1v) is 5.49. The number of aliphatic carboxylic acids is 5. The van der Waals surface area contributed by atoms with Crippen LogP contribution in [0, 0.1) is 0 Å². The summed E-state index contributed by atoms with van der Waals surface area (Å²) in [5, 5.41) is 49.0. The van der Waals surface area contributed by atoms with Gasteiger partial charge >= 0.3 is 29.8 Å². The van der Waals surface area contributed by atoms with Crippen LogP contribution in [0.25, 0.3) is 0 Å². The van der Waals surface area contributed by atoms with Gasteiger partial charge in [0.2, 0.25) is 0 Å². The van der Waals surface area contributed by atoms with Crippen molar-refractivity contribution >= 4 is 29.8 Å². The van der Waals surface area contributed by atoms with E-state index in [0.29, 0.717) is 0 Å². The predicted molar refractivity (Wildman–Crippen MR) is 71.6 cm³/mol. The van der Waals surface area contributed by atoms with Crippen LogP contribution in [0.4, 0.5) is 0 Å². The van der Waals surface area contributed by atoms with Crippen molar-refractivity contribution in [1.29, 1.82) is 0 Å². The Kier molecular flexibility index (Phi) is 13.8. The first-order chi connectivity index (χ1) is 10.3. The van der Waals surface area contributed by atoms with Gasteiger partial charge in [-0.25, -0.2) is 9.59 Å². The van der Waals surface area contributed by atoms with E-state index in [1.54, 1.807) is 0 Å². The minimum absolute atomic E-state index is 0.278. The number of rotatable bonds is 7. The molecule has 0 heterocycles. The van der Waals surface area contributed by atoms with Crippen LogP contribution in [0.3, 0.4) is 0 Å². The fourth-order valence-corrected chi connectivity index (χ4v) is 0.714. The Labute approximate surface area is 129 Å². The largest absolute Gasteiger partial charge is 0.481 e. The lowest BCUT2D eigenvalue weighted by Crippen LogP contribution is -2.42. The van der Waals surface area contributed by atoms with Gasteiger partial charge in [-0.2, -0.15) is 0 Å². The highest BCUT2D eigenvalue weighted by atomic mass is 16.4. The third-order valence-electron chi connectivity index (χ3n) is 1.63. The predicted octanol–water partition coefficient (Wildman–Crippen LogP) is -1.96. The molecule has 0 aliphatic carbocycles. The molecule has 23 heavy (non-hydrogen) atoms. The van der Waals surface area contributed by atoms with E-state index in [9.17, 15) is 24.0 Å². The Morgan fingerprint density at radius 2 is 1.13 bits per heavy atom. The summed E-state index contributed by atoms with van der Waals surface area (Å²) in [4.78, 5) is 49.0. The maximum Gasteiger partial charge on any atom is 0.336 e. The van der Waals surface area contributed by atoms with Crippen LogP contribution in [-0.2, 0) is 24.0 Å². The van der Waals surface area contributed by atoms with Gasteiger partial charge in [-0.15, -0.1) is 0 Å². The number of carbonyl (C=O) groups is 5.